The van der Waals surface area contributed by atoms with Crippen molar-refractivity contribution in [3.05, 3.63) is 96.1 Å². The summed E-state index contributed by atoms with van der Waals surface area (Å²) < 4.78 is 0. The van der Waals surface area contributed by atoms with E-state index in [0.29, 0.717) is 32.6 Å². The van der Waals surface area contributed by atoms with Crippen molar-refractivity contribution in [2.24, 2.45) is 5.73 Å². The van der Waals surface area contributed by atoms with Crippen molar-refractivity contribution in [1.29, 1.82) is 0 Å². The van der Waals surface area contributed by atoms with Gasteiger partial charge in [-0.05, 0) is 64.5 Å². The lowest BCUT2D eigenvalue weighted by molar-refractivity contribution is -0.133. The van der Waals surface area contributed by atoms with Gasteiger partial charge in [0.15, 0.2) is 0 Å². The summed E-state index contributed by atoms with van der Waals surface area (Å²) in [5, 5.41) is 11.4. The molecule has 0 radical (unpaired) electrons. The first kappa shape index (κ1) is 26.9. The molecule has 6 nitrogen and oxygen atoms in total. The number of benzene rings is 4. The van der Waals surface area contributed by atoms with E-state index in [0.717, 1.165) is 42.2 Å². The van der Waals surface area contributed by atoms with Gasteiger partial charge in [0.2, 0.25) is 11.8 Å². The van der Waals surface area contributed by atoms with Gasteiger partial charge in [-0.3, -0.25) is 9.59 Å². The fraction of sp³-hybridized carbons (Fsp3) is 0.333. The lowest BCUT2D eigenvalue weighted by Gasteiger charge is -2.25. The van der Waals surface area contributed by atoms with E-state index >= 15 is 0 Å². The Morgan fingerprint density at radius 2 is 1.51 bits per heavy atom. The Kier molecular flexibility index (Phi) is 8.86. The number of carbonyl (C=O) groups is 2. The van der Waals surface area contributed by atoms with E-state index in [-0.39, 0.29) is 23.9 Å². The highest BCUT2D eigenvalue weighted by Gasteiger charge is 2.30. The summed E-state index contributed by atoms with van der Waals surface area (Å²) in [6.07, 6.45) is 3.65. The van der Waals surface area contributed by atoms with Crippen LogP contribution < -0.4 is 16.4 Å². The Hall–Kier alpha value is -3.74. The number of rotatable bonds is 10. The lowest BCUT2D eigenvalue weighted by Crippen LogP contribution is -2.48. The molecule has 1 saturated heterocycles. The Balaban J connectivity index is 1.22. The normalized spacial score (nSPS) is 17.9. The largest absolute Gasteiger partial charge is 0.354 e. The quantitative estimate of drug-likeness (QED) is 0.267. The number of fused-ring (bicyclic) bond motifs is 2. The molecule has 0 spiro atoms. The molecule has 202 valence electrons. The van der Waals surface area contributed by atoms with Crippen LogP contribution in [0.5, 0.6) is 0 Å². The molecule has 1 heterocycles. The zero-order valence-corrected chi connectivity index (χ0v) is 22.4. The van der Waals surface area contributed by atoms with Gasteiger partial charge < -0.3 is 21.3 Å². The van der Waals surface area contributed by atoms with E-state index in [4.69, 9.17) is 5.73 Å². The molecule has 6 heteroatoms. The van der Waals surface area contributed by atoms with E-state index in [1.165, 1.54) is 16.2 Å². The monoisotopic (exact) mass is 522 g/mol. The maximum absolute atomic E-state index is 13.6. The highest BCUT2D eigenvalue weighted by atomic mass is 16.2. The summed E-state index contributed by atoms with van der Waals surface area (Å²) >= 11 is 0. The lowest BCUT2D eigenvalue weighted by atomic mass is 10.0. The Morgan fingerprint density at radius 1 is 0.872 bits per heavy atom. The summed E-state index contributed by atoms with van der Waals surface area (Å²) in [5.41, 5.74) is 7.85. The number of carbonyl (C=O) groups excluding carboxylic acids is 2. The van der Waals surface area contributed by atoms with E-state index in [9.17, 15) is 9.59 Å². The average molecular weight is 523 g/mol. The van der Waals surface area contributed by atoms with Crippen LogP contribution in [-0.2, 0) is 22.6 Å². The van der Waals surface area contributed by atoms with Gasteiger partial charge >= 0.3 is 0 Å². The number of unbranched alkanes of at least 4 members (excludes halogenated alkanes) is 1. The molecule has 39 heavy (non-hydrogen) atoms. The molecule has 0 aromatic heterocycles. The molecule has 1 aliphatic heterocycles. The summed E-state index contributed by atoms with van der Waals surface area (Å²) in [6.45, 7) is 2.35. The van der Waals surface area contributed by atoms with Crippen molar-refractivity contribution in [1.82, 2.24) is 15.5 Å². The first-order valence-electron chi connectivity index (χ1n) is 14.1. The van der Waals surface area contributed by atoms with E-state index in [1.807, 2.05) is 35.2 Å². The van der Waals surface area contributed by atoms with Gasteiger partial charge in [-0.1, -0.05) is 85.3 Å². The van der Waals surface area contributed by atoms with Gasteiger partial charge in [0, 0.05) is 25.7 Å². The molecule has 4 aromatic carbocycles. The van der Waals surface area contributed by atoms with Gasteiger partial charge in [-0.25, -0.2) is 0 Å². The smallest absolute Gasteiger partial charge is 0.240 e. The van der Waals surface area contributed by atoms with Crippen LogP contribution in [-0.4, -0.2) is 48.4 Å². The fourth-order valence-electron chi connectivity index (χ4n) is 5.49. The maximum atomic E-state index is 13.6. The second kappa shape index (κ2) is 12.9. The first-order valence-corrected chi connectivity index (χ1v) is 14.1. The summed E-state index contributed by atoms with van der Waals surface area (Å²) in [4.78, 5) is 28.4. The first-order chi connectivity index (χ1) is 19.1. The molecule has 4 aromatic rings. The number of nitrogens with one attached hydrogen (secondary N) is 2. The molecule has 2 unspecified atom stereocenters. The van der Waals surface area contributed by atoms with E-state index < -0.39 is 0 Å². The van der Waals surface area contributed by atoms with Crippen molar-refractivity contribution < 1.29 is 9.59 Å². The molecule has 1 fully saturated rings. The maximum Gasteiger partial charge on any atom is 0.240 e. The Morgan fingerprint density at radius 3 is 2.21 bits per heavy atom. The summed E-state index contributed by atoms with van der Waals surface area (Å²) in [5.74, 6) is 0.125. The summed E-state index contributed by atoms with van der Waals surface area (Å²) in [7, 11) is 0. The molecule has 0 saturated carbocycles. The zero-order valence-electron chi connectivity index (χ0n) is 22.4. The second-order valence-corrected chi connectivity index (χ2v) is 10.6. The third kappa shape index (κ3) is 7.02. The molecule has 1 aliphatic rings. The molecular formula is C33H38N4O2. The third-order valence-electron chi connectivity index (χ3n) is 7.65. The topological polar surface area (TPSA) is 87.5 Å². The van der Waals surface area contributed by atoms with Crippen molar-refractivity contribution >= 4 is 33.4 Å². The standard InChI is InChI=1S/C33H38N4O2/c34-17-6-5-11-31-33(39)37(23-25-13-15-27-8-2-4-10-29(27)20-25)18-16-30(36-31)22-35-32(38)21-24-12-14-26-7-1-3-9-28(26)19-24/h1-4,7-10,12-15,19-20,30-31,36H,5-6,11,16-18,21-23,34H2,(H,35,38). The number of nitrogens with zero attached hydrogens (tertiary/aromatic N) is 1. The van der Waals surface area contributed by atoms with E-state index in [2.05, 4.69) is 65.2 Å². The zero-order chi connectivity index (χ0) is 27.0. The number of amides is 2. The fourth-order valence-corrected chi connectivity index (χ4v) is 5.49. The minimum Gasteiger partial charge on any atom is -0.354 e. The van der Waals surface area contributed by atoms with Crippen molar-refractivity contribution in [3.63, 3.8) is 0 Å². The molecule has 5 rings (SSSR count). The second-order valence-electron chi connectivity index (χ2n) is 10.6. The molecular weight excluding hydrogens is 484 g/mol. The van der Waals surface area contributed by atoms with Crippen molar-refractivity contribution in [3.8, 4) is 0 Å². The molecule has 4 N–H and O–H groups in total. The van der Waals surface area contributed by atoms with Crippen LogP contribution in [0, 0.1) is 0 Å². The SMILES string of the molecule is NCCCCC1NC(CNC(=O)Cc2ccc3ccccc3c2)CCN(Cc2ccc3ccccc3c2)C1=O. The van der Waals surface area contributed by atoms with Gasteiger partial charge in [0.1, 0.15) is 0 Å². The van der Waals surface area contributed by atoms with Gasteiger partial charge in [-0.2, -0.15) is 0 Å². The van der Waals surface area contributed by atoms with Gasteiger partial charge in [0.05, 0.1) is 12.5 Å². The van der Waals surface area contributed by atoms with Crippen LogP contribution >= 0.6 is 0 Å². The van der Waals surface area contributed by atoms with Gasteiger partial charge in [-0.15, -0.1) is 0 Å². The minimum atomic E-state index is -0.276. The predicted octanol–water partition coefficient (Wildman–Crippen LogP) is 4.54. The predicted molar refractivity (Wildman–Crippen MR) is 158 cm³/mol. The van der Waals surface area contributed by atoms with Crippen LogP contribution in [0.1, 0.15) is 36.8 Å². The van der Waals surface area contributed by atoms with Crippen LogP contribution in [0.2, 0.25) is 0 Å². The minimum absolute atomic E-state index is 0.00430. The van der Waals surface area contributed by atoms with Crippen LogP contribution in [0.4, 0.5) is 0 Å². The highest BCUT2D eigenvalue weighted by Crippen LogP contribution is 2.20. The van der Waals surface area contributed by atoms with Crippen molar-refractivity contribution in [2.45, 2.75) is 50.7 Å². The average Bonchev–Trinajstić information content (AvgIpc) is 3.10. The Labute approximate surface area is 230 Å². The molecule has 0 bridgehead atoms. The molecule has 2 amide bonds. The third-order valence-corrected chi connectivity index (χ3v) is 7.65. The summed E-state index contributed by atoms with van der Waals surface area (Å²) in [6, 6.07) is 28.8. The molecule has 2 atom stereocenters. The molecule has 0 aliphatic carbocycles. The van der Waals surface area contributed by atoms with Crippen LogP contribution in [0.3, 0.4) is 0 Å². The van der Waals surface area contributed by atoms with E-state index in [1.54, 1.807) is 0 Å². The van der Waals surface area contributed by atoms with Gasteiger partial charge in [0.25, 0.3) is 0 Å². The van der Waals surface area contributed by atoms with Crippen LogP contribution in [0.25, 0.3) is 21.5 Å². The number of nitrogens with two attached hydrogens (primary N) is 1. The Bertz CT molecular complexity index is 1440. The number of hydrogen-bond acceptors (Lipinski definition) is 4. The highest BCUT2D eigenvalue weighted by molar-refractivity contribution is 5.86. The van der Waals surface area contributed by atoms with Crippen LogP contribution in [0.15, 0.2) is 84.9 Å². The van der Waals surface area contributed by atoms with Crippen molar-refractivity contribution in [2.75, 3.05) is 19.6 Å². The number of hydrogen-bond donors (Lipinski definition) is 3.